The molecule has 1 heterocycles. The van der Waals surface area contributed by atoms with Crippen LogP contribution in [-0.4, -0.2) is 71.8 Å². The molecule has 1 fully saturated rings. The monoisotopic (exact) mass is 508 g/mol. The van der Waals surface area contributed by atoms with Gasteiger partial charge in [-0.05, 0) is 42.3 Å². The highest BCUT2D eigenvalue weighted by Gasteiger charge is 2.18. The van der Waals surface area contributed by atoms with Crippen molar-refractivity contribution in [3.63, 3.8) is 0 Å². The molecule has 8 nitrogen and oxygen atoms in total. The molecule has 32 heavy (non-hydrogen) atoms. The number of piperazine rings is 1. The molecule has 174 valence electrons. The van der Waals surface area contributed by atoms with Crippen molar-refractivity contribution in [3.8, 4) is 11.5 Å². The van der Waals surface area contributed by atoms with Crippen LogP contribution < -0.4 is 9.47 Å². The SMILES string of the molecule is CCOc1cc(CN2CCN(Cc3cccc(Br)c3)CC2)ccc1OC.O=C(O)C(=O)O. The number of benzene rings is 2. The fourth-order valence-electron chi connectivity index (χ4n) is 3.35. The van der Waals surface area contributed by atoms with Gasteiger partial charge in [-0.2, -0.15) is 0 Å². The fraction of sp³-hybridized carbons (Fsp3) is 0.391. The van der Waals surface area contributed by atoms with E-state index in [-0.39, 0.29) is 0 Å². The van der Waals surface area contributed by atoms with Crippen molar-refractivity contribution in [1.82, 2.24) is 9.80 Å². The zero-order chi connectivity index (χ0) is 23.5. The molecule has 0 bridgehead atoms. The van der Waals surface area contributed by atoms with Gasteiger partial charge >= 0.3 is 11.9 Å². The summed E-state index contributed by atoms with van der Waals surface area (Å²) in [7, 11) is 1.68. The second kappa shape index (κ2) is 13.0. The normalized spacial score (nSPS) is 14.2. The molecule has 3 rings (SSSR count). The molecule has 0 saturated carbocycles. The number of aliphatic carboxylic acids is 2. The topological polar surface area (TPSA) is 99.5 Å². The number of rotatable bonds is 7. The Morgan fingerprint density at radius 2 is 1.47 bits per heavy atom. The molecule has 2 N–H and O–H groups in total. The Bertz CT molecular complexity index is 888. The Kier molecular flexibility index (Phi) is 10.5. The van der Waals surface area contributed by atoms with E-state index in [1.54, 1.807) is 7.11 Å². The van der Waals surface area contributed by atoms with Crippen molar-refractivity contribution < 1.29 is 29.3 Å². The van der Waals surface area contributed by atoms with E-state index in [0.29, 0.717) is 6.61 Å². The first-order valence-corrected chi connectivity index (χ1v) is 11.1. The Balaban J connectivity index is 0.000000534. The first kappa shape index (κ1) is 25.6. The molecule has 0 unspecified atom stereocenters. The van der Waals surface area contributed by atoms with E-state index < -0.39 is 11.9 Å². The largest absolute Gasteiger partial charge is 0.493 e. The number of carbonyl (C=O) groups is 2. The lowest BCUT2D eigenvalue weighted by molar-refractivity contribution is -0.159. The van der Waals surface area contributed by atoms with E-state index in [0.717, 1.165) is 55.2 Å². The number of nitrogens with zero attached hydrogens (tertiary/aromatic N) is 2. The van der Waals surface area contributed by atoms with Crippen LogP contribution in [0.3, 0.4) is 0 Å². The molecule has 1 aliphatic heterocycles. The molecule has 0 amide bonds. The lowest BCUT2D eigenvalue weighted by Gasteiger charge is -2.34. The van der Waals surface area contributed by atoms with Crippen molar-refractivity contribution >= 4 is 27.9 Å². The molecule has 1 aliphatic rings. The van der Waals surface area contributed by atoms with E-state index in [1.165, 1.54) is 11.1 Å². The van der Waals surface area contributed by atoms with Gasteiger partial charge in [0.1, 0.15) is 0 Å². The highest BCUT2D eigenvalue weighted by Crippen LogP contribution is 2.28. The van der Waals surface area contributed by atoms with Gasteiger partial charge in [-0.25, -0.2) is 9.59 Å². The Morgan fingerprint density at radius 3 is 1.94 bits per heavy atom. The van der Waals surface area contributed by atoms with Crippen LogP contribution in [0.25, 0.3) is 0 Å². The van der Waals surface area contributed by atoms with Crippen molar-refractivity contribution in [2.45, 2.75) is 20.0 Å². The third-order valence-electron chi connectivity index (χ3n) is 4.88. The van der Waals surface area contributed by atoms with Crippen molar-refractivity contribution in [1.29, 1.82) is 0 Å². The summed E-state index contributed by atoms with van der Waals surface area (Å²) in [4.78, 5) is 23.2. The second-order valence-electron chi connectivity index (χ2n) is 7.21. The molecular weight excluding hydrogens is 480 g/mol. The minimum atomic E-state index is -1.82. The minimum Gasteiger partial charge on any atom is -0.493 e. The summed E-state index contributed by atoms with van der Waals surface area (Å²) in [6.07, 6.45) is 0. The molecule has 0 atom stereocenters. The Labute approximate surface area is 196 Å². The van der Waals surface area contributed by atoms with Gasteiger partial charge in [0.05, 0.1) is 13.7 Å². The number of hydrogen-bond acceptors (Lipinski definition) is 6. The molecule has 0 spiro atoms. The average molecular weight is 509 g/mol. The van der Waals surface area contributed by atoms with Gasteiger partial charge in [0.2, 0.25) is 0 Å². The van der Waals surface area contributed by atoms with Gasteiger partial charge in [-0.3, -0.25) is 9.80 Å². The molecule has 0 radical (unpaired) electrons. The number of ether oxygens (including phenoxy) is 2. The predicted octanol–water partition coefficient (Wildman–Crippen LogP) is 3.33. The second-order valence-corrected chi connectivity index (χ2v) is 8.13. The molecule has 1 saturated heterocycles. The molecule has 2 aromatic carbocycles. The van der Waals surface area contributed by atoms with Crippen LogP contribution in [-0.2, 0) is 22.7 Å². The molecule has 0 aliphatic carbocycles. The number of methoxy groups -OCH3 is 1. The van der Waals surface area contributed by atoms with Crippen LogP contribution in [0.15, 0.2) is 46.9 Å². The van der Waals surface area contributed by atoms with Crippen LogP contribution in [0.2, 0.25) is 0 Å². The van der Waals surface area contributed by atoms with Crippen molar-refractivity contribution in [3.05, 3.63) is 58.1 Å². The molecule has 9 heteroatoms. The lowest BCUT2D eigenvalue weighted by Crippen LogP contribution is -2.45. The summed E-state index contributed by atoms with van der Waals surface area (Å²) in [5.41, 5.74) is 2.64. The molecule has 2 aromatic rings. The highest BCUT2D eigenvalue weighted by atomic mass is 79.9. The van der Waals surface area contributed by atoms with Crippen LogP contribution in [0.4, 0.5) is 0 Å². The maximum Gasteiger partial charge on any atom is 0.414 e. The van der Waals surface area contributed by atoms with Gasteiger partial charge in [0.25, 0.3) is 0 Å². The van der Waals surface area contributed by atoms with Crippen LogP contribution >= 0.6 is 15.9 Å². The summed E-state index contributed by atoms with van der Waals surface area (Å²) in [5, 5.41) is 14.8. The standard InChI is InChI=1S/C21H27BrN2O2.C2H2O4/c1-3-26-21-14-18(7-8-20(21)25-2)16-24-11-9-23(10-12-24)15-17-5-4-6-19(22)13-17;3-1(4)2(5)6/h4-8,13-14H,3,9-12,15-16H2,1-2H3;(H,3,4)(H,5,6). The number of carboxylic acid groups (broad SMARTS) is 2. The average Bonchev–Trinajstić information content (AvgIpc) is 2.76. The lowest BCUT2D eigenvalue weighted by atomic mass is 10.1. The highest BCUT2D eigenvalue weighted by molar-refractivity contribution is 9.10. The first-order valence-electron chi connectivity index (χ1n) is 10.3. The number of halogens is 1. The molecule has 0 aromatic heterocycles. The maximum atomic E-state index is 9.10. The van der Waals surface area contributed by atoms with E-state index in [9.17, 15) is 0 Å². The van der Waals surface area contributed by atoms with Crippen LogP contribution in [0.5, 0.6) is 11.5 Å². The smallest absolute Gasteiger partial charge is 0.414 e. The van der Waals surface area contributed by atoms with Gasteiger partial charge in [-0.1, -0.05) is 34.1 Å². The van der Waals surface area contributed by atoms with Gasteiger partial charge < -0.3 is 19.7 Å². The predicted molar refractivity (Wildman–Crippen MR) is 124 cm³/mol. The van der Waals surface area contributed by atoms with Gasteiger partial charge in [0.15, 0.2) is 11.5 Å². The van der Waals surface area contributed by atoms with Crippen molar-refractivity contribution in [2.75, 3.05) is 39.9 Å². The van der Waals surface area contributed by atoms with E-state index in [2.05, 4.69) is 62.1 Å². The zero-order valence-corrected chi connectivity index (χ0v) is 19.9. The van der Waals surface area contributed by atoms with Crippen LogP contribution in [0.1, 0.15) is 18.1 Å². The first-order chi connectivity index (χ1) is 15.3. The molecular formula is C23H29BrN2O6. The van der Waals surface area contributed by atoms with E-state index >= 15 is 0 Å². The maximum absolute atomic E-state index is 9.10. The number of hydrogen-bond donors (Lipinski definition) is 2. The zero-order valence-electron chi connectivity index (χ0n) is 18.3. The third-order valence-corrected chi connectivity index (χ3v) is 5.37. The summed E-state index contributed by atoms with van der Waals surface area (Å²) in [6, 6.07) is 14.8. The summed E-state index contributed by atoms with van der Waals surface area (Å²) >= 11 is 3.55. The van der Waals surface area contributed by atoms with Gasteiger partial charge in [-0.15, -0.1) is 0 Å². The third kappa shape index (κ3) is 8.49. The summed E-state index contributed by atoms with van der Waals surface area (Å²) in [5.74, 6) is -2.01. The van der Waals surface area contributed by atoms with E-state index in [1.807, 2.05) is 13.0 Å². The Hall–Kier alpha value is -2.62. The van der Waals surface area contributed by atoms with Crippen LogP contribution in [0, 0.1) is 0 Å². The Morgan fingerprint density at radius 1 is 0.906 bits per heavy atom. The quantitative estimate of drug-likeness (QED) is 0.549. The summed E-state index contributed by atoms with van der Waals surface area (Å²) in [6.45, 7) is 8.99. The number of carboxylic acids is 2. The fourth-order valence-corrected chi connectivity index (χ4v) is 3.79. The summed E-state index contributed by atoms with van der Waals surface area (Å²) < 4.78 is 12.2. The van der Waals surface area contributed by atoms with E-state index in [4.69, 9.17) is 29.3 Å². The van der Waals surface area contributed by atoms with Crippen molar-refractivity contribution in [2.24, 2.45) is 0 Å². The minimum absolute atomic E-state index is 0.647. The van der Waals surface area contributed by atoms with Gasteiger partial charge in [0, 0.05) is 43.7 Å².